The number of nitrogens with zero attached hydrogens (tertiary/aromatic N) is 2. The Labute approximate surface area is 240 Å². The SMILES string of the molecule is C[C@@H](C(=O)NC1CCCCC1)N(Cc1c(Cl)cccc1Cl)C(=O)CCCN(c1cccc(Cl)c1)S(C)(=O)=O. The maximum absolute atomic E-state index is 13.5. The average molecular weight is 603 g/mol. The van der Waals surface area contributed by atoms with E-state index in [9.17, 15) is 18.0 Å². The van der Waals surface area contributed by atoms with Gasteiger partial charge < -0.3 is 10.2 Å². The number of hydrogen-bond acceptors (Lipinski definition) is 4. The molecule has 38 heavy (non-hydrogen) atoms. The Morgan fingerprint density at radius 3 is 2.26 bits per heavy atom. The lowest BCUT2D eigenvalue weighted by molar-refractivity contribution is -0.141. The molecule has 7 nitrogen and oxygen atoms in total. The molecule has 0 heterocycles. The summed E-state index contributed by atoms with van der Waals surface area (Å²) in [7, 11) is -3.61. The first-order valence-electron chi connectivity index (χ1n) is 12.7. The largest absolute Gasteiger partial charge is 0.352 e. The molecule has 0 radical (unpaired) electrons. The zero-order chi connectivity index (χ0) is 27.9. The van der Waals surface area contributed by atoms with Crippen molar-refractivity contribution in [1.82, 2.24) is 10.2 Å². The summed E-state index contributed by atoms with van der Waals surface area (Å²) < 4.78 is 26.1. The molecule has 1 saturated carbocycles. The minimum Gasteiger partial charge on any atom is -0.352 e. The molecule has 1 aliphatic rings. The van der Waals surface area contributed by atoms with E-state index < -0.39 is 16.1 Å². The third-order valence-electron chi connectivity index (χ3n) is 6.76. The van der Waals surface area contributed by atoms with Crippen molar-refractivity contribution in [3.63, 3.8) is 0 Å². The lowest BCUT2D eigenvalue weighted by atomic mass is 9.95. The predicted molar refractivity (Wildman–Crippen MR) is 154 cm³/mol. The number of carbonyl (C=O) groups excluding carboxylic acids is 2. The lowest BCUT2D eigenvalue weighted by Gasteiger charge is -2.32. The van der Waals surface area contributed by atoms with E-state index in [-0.39, 0.29) is 43.8 Å². The third kappa shape index (κ3) is 8.50. The lowest BCUT2D eigenvalue weighted by Crippen LogP contribution is -2.50. The molecule has 1 fully saturated rings. The highest BCUT2D eigenvalue weighted by Crippen LogP contribution is 2.28. The highest BCUT2D eigenvalue weighted by molar-refractivity contribution is 7.92. The maximum Gasteiger partial charge on any atom is 0.242 e. The van der Waals surface area contributed by atoms with Crippen LogP contribution in [-0.2, 0) is 26.2 Å². The Kier molecular flexibility index (Phi) is 11.2. The van der Waals surface area contributed by atoms with E-state index in [4.69, 9.17) is 34.8 Å². The number of benzene rings is 2. The quantitative estimate of drug-likeness (QED) is 0.339. The maximum atomic E-state index is 13.5. The third-order valence-corrected chi connectivity index (χ3v) is 8.89. The van der Waals surface area contributed by atoms with Gasteiger partial charge in [-0.3, -0.25) is 13.9 Å². The second-order valence-electron chi connectivity index (χ2n) is 9.66. The number of amides is 2. The molecular formula is C27H34Cl3N3O4S. The van der Waals surface area contributed by atoms with E-state index in [1.54, 1.807) is 49.4 Å². The number of hydrogen-bond donors (Lipinski definition) is 1. The Balaban J connectivity index is 1.76. The van der Waals surface area contributed by atoms with Crippen LogP contribution >= 0.6 is 34.8 Å². The van der Waals surface area contributed by atoms with Gasteiger partial charge in [-0.2, -0.15) is 0 Å². The highest BCUT2D eigenvalue weighted by Gasteiger charge is 2.29. The van der Waals surface area contributed by atoms with Crippen LogP contribution in [0.1, 0.15) is 57.4 Å². The van der Waals surface area contributed by atoms with Crippen LogP contribution in [0.2, 0.25) is 15.1 Å². The fourth-order valence-corrected chi connectivity index (χ4v) is 6.30. The monoisotopic (exact) mass is 601 g/mol. The molecule has 0 aromatic heterocycles. The van der Waals surface area contributed by atoms with E-state index in [0.717, 1.165) is 38.4 Å². The fraction of sp³-hybridized carbons (Fsp3) is 0.481. The van der Waals surface area contributed by atoms with Gasteiger partial charge in [-0.15, -0.1) is 0 Å². The van der Waals surface area contributed by atoms with Crippen molar-refractivity contribution >= 4 is 62.3 Å². The molecular weight excluding hydrogens is 569 g/mol. The summed E-state index contributed by atoms with van der Waals surface area (Å²) in [4.78, 5) is 28.1. The van der Waals surface area contributed by atoms with Crippen molar-refractivity contribution < 1.29 is 18.0 Å². The van der Waals surface area contributed by atoms with Gasteiger partial charge in [-0.1, -0.05) is 66.2 Å². The van der Waals surface area contributed by atoms with E-state index in [1.807, 2.05) is 0 Å². The fourth-order valence-electron chi connectivity index (χ4n) is 4.64. The molecule has 0 spiro atoms. The molecule has 2 aromatic carbocycles. The van der Waals surface area contributed by atoms with Crippen LogP contribution in [0.15, 0.2) is 42.5 Å². The first-order valence-corrected chi connectivity index (χ1v) is 15.7. The van der Waals surface area contributed by atoms with Crippen molar-refractivity contribution in [1.29, 1.82) is 0 Å². The van der Waals surface area contributed by atoms with Crippen molar-refractivity contribution in [2.75, 3.05) is 17.1 Å². The van der Waals surface area contributed by atoms with Crippen LogP contribution in [0.25, 0.3) is 0 Å². The Hall–Kier alpha value is -2.00. The van der Waals surface area contributed by atoms with Gasteiger partial charge >= 0.3 is 0 Å². The minimum absolute atomic E-state index is 0.0235. The molecule has 0 bridgehead atoms. The van der Waals surface area contributed by atoms with Gasteiger partial charge in [0.2, 0.25) is 21.8 Å². The zero-order valence-electron chi connectivity index (χ0n) is 21.6. The van der Waals surface area contributed by atoms with Crippen molar-refractivity contribution in [3.8, 4) is 0 Å². The van der Waals surface area contributed by atoms with Crippen LogP contribution in [0.4, 0.5) is 5.69 Å². The summed E-state index contributed by atoms with van der Waals surface area (Å²) in [6.07, 6.45) is 6.52. The van der Waals surface area contributed by atoms with Crippen LogP contribution < -0.4 is 9.62 Å². The Morgan fingerprint density at radius 1 is 1.03 bits per heavy atom. The van der Waals surface area contributed by atoms with Crippen LogP contribution in [0, 0.1) is 0 Å². The van der Waals surface area contributed by atoms with Gasteiger partial charge in [-0.25, -0.2) is 8.42 Å². The van der Waals surface area contributed by atoms with E-state index in [0.29, 0.717) is 26.3 Å². The Morgan fingerprint density at radius 2 is 1.66 bits per heavy atom. The molecule has 2 aromatic rings. The number of carbonyl (C=O) groups is 2. The molecule has 3 rings (SSSR count). The summed E-state index contributed by atoms with van der Waals surface area (Å²) in [5, 5.41) is 4.31. The molecule has 0 unspecified atom stereocenters. The summed E-state index contributed by atoms with van der Waals surface area (Å²) in [5.41, 5.74) is 0.977. The first kappa shape index (κ1) is 30.5. The van der Waals surface area contributed by atoms with Gasteiger partial charge in [0.25, 0.3) is 0 Å². The Bertz CT molecular complexity index is 1220. The van der Waals surface area contributed by atoms with Crippen LogP contribution in [0.3, 0.4) is 0 Å². The molecule has 1 atom stereocenters. The topological polar surface area (TPSA) is 86.8 Å². The number of sulfonamides is 1. The normalized spacial score (nSPS) is 15.1. The summed E-state index contributed by atoms with van der Waals surface area (Å²) in [6, 6.07) is 11.0. The molecule has 208 valence electrons. The van der Waals surface area contributed by atoms with Crippen LogP contribution in [0.5, 0.6) is 0 Å². The number of rotatable bonds is 11. The van der Waals surface area contributed by atoms with Crippen LogP contribution in [-0.4, -0.2) is 50.0 Å². The van der Waals surface area contributed by atoms with Gasteiger partial charge in [0, 0.05) is 46.2 Å². The van der Waals surface area contributed by atoms with E-state index in [1.165, 1.54) is 9.21 Å². The van der Waals surface area contributed by atoms with Gasteiger partial charge in [0.15, 0.2) is 0 Å². The van der Waals surface area contributed by atoms with Gasteiger partial charge in [0.05, 0.1) is 11.9 Å². The summed E-state index contributed by atoms with van der Waals surface area (Å²) in [6.45, 7) is 1.82. The number of nitrogens with one attached hydrogen (secondary N) is 1. The first-order chi connectivity index (χ1) is 18.0. The van der Waals surface area contributed by atoms with Gasteiger partial charge in [0.1, 0.15) is 6.04 Å². The smallest absolute Gasteiger partial charge is 0.242 e. The van der Waals surface area contributed by atoms with Gasteiger partial charge in [-0.05, 0) is 56.5 Å². The predicted octanol–water partition coefficient (Wildman–Crippen LogP) is 6.06. The molecule has 0 saturated heterocycles. The highest BCUT2D eigenvalue weighted by atomic mass is 35.5. The zero-order valence-corrected chi connectivity index (χ0v) is 24.7. The molecule has 2 amide bonds. The standard InChI is InChI=1S/C27H34Cl3N3O4S/c1-19(27(35)31-21-10-4-3-5-11-21)32(18-23-24(29)13-7-14-25(23)30)26(34)15-8-16-33(38(2,36)37)22-12-6-9-20(28)17-22/h6-7,9,12-14,17,19,21H,3-5,8,10-11,15-16,18H2,1-2H3,(H,31,35)/t19-/m0/s1. The summed E-state index contributed by atoms with van der Waals surface area (Å²) in [5.74, 6) is -0.531. The summed E-state index contributed by atoms with van der Waals surface area (Å²) >= 11 is 18.8. The van der Waals surface area contributed by atoms with Crippen molar-refractivity contribution in [2.24, 2.45) is 0 Å². The van der Waals surface area contributed by atoms with Crippen molar-refractivity contribution in [3.05, 3.63) is 63.1 Å². The minimum atomic E-state index is -3.61. The molecule has 0 aliphatic heterocycles. The molecule has 1 N–H and O–H groups in total. The average Bonchev–Trinajstić information content (AvgIpc) is 2.86. The molecule has 11 heteroatoms. The van der Waals surface area contributed by atoms with E-state index >= 15 is 0 Å². The second-order valence-corrected chi connectivity index (χ2v) is 12.8. The van der Waals surface area contributed by atoms with E-state index in [2.05, 4.69) is 5.32 Å². The second kappa shape index (κ2) is 13.9. The number of halogens is 3. The number of anilines is 1. The molecule has 1 aliphatic carbocycles. The van der Waals surface area contributed by atoms with Crippen molar-refractivity contribution in [2.45, 2.75) is 70.5 Å².